The summed E-state index contributed by atoms with van der Waals surface area (Å²) < 4.78 is 5.79. The minimum atomic E-state index is -0.114. The Kier molecular flexibility index (Phi) is 7.39. The van der Waals surface area contributed by atoms with Gasteiger partial charge in [-0.1, -0.05) is 26.2 Å². The van der Waals surface area contributed by atoms with Crippen LogP contribution in [0.3, 0.4) is 0 Å². The molecule has 0 aromatic rings. The van der Waals surface area contributed by atoms with E-state index in [9.17, 15) is 4.79 Å². The van der Waals surface area contributed by atoms with Crippen molar-refractivity contribution in [1.82, 2.24) is 10.6 Å². The lowest BCUT2D eigenvalue weighted by Crippen LogP contribution is -2.46. The molecule has 0 aliphatic heterocycles. The molecule has 1 rings (SSSR count). The maximum absolute atomic E-state index is 11.7. The second-order valence-electron chi connectivity index (χ2n) is 6.09. The fourth-order valence-corrected chi connectivity index (χ4v) is 2.24. The Bertz CT molecular complexity index is 261. The largest absolute Gasteiger partial charge is 0.377 e. The van der Waals surface area contributed by atoms with E-state index in [-0.39, 0.29) is 11.4 Å². The zero-order valence-corrected chi connectivity index (χ0v) is 12.8. The zero-order chi connectivity index (χ0) is 14.1. The lowest BCUT2D eigenvalue weighted by Gasteiger charge is -2.24. The van der Waals surface area contributed by atoms with Crippen molar-refractivity contribution in [3.63, 3.8) is 0 Å². The summed E-state index contributed by atoms with van der Waals surface area (Å²) >= 11 is 0. The predicted molar refractivity (Wildman–Crippen MR) is 78.2 cm³/mol. The third kappa shape index (κ3) is 7.53. The number of carbonyl (C=O) groups excluding carboxylic acids is 1. The van der Waals surface area contributed by atoms with Gasteiger partial charge in [0.2, 0.25) is 5.91 Å². The Labute approximate surface area is 117 Å². The predicted octanol–water partition coefficient (Wildman–Crippen LogP) is 2.23. The summed E-state index contributed by atoms with van der Waals surface area (Å²) in [5, 5.41) is 6.14. The monoisotopic (exact) mass is 270 g/mol. The molecule has 4 heteroatoms. The van der Waals surface area contributed by atoms with Crippen molar-refractivity contribution < 1.29 is 9.53 Å². The van der Waals surface area contributed by atoms with E-state index in [0.717, 1.165) is 13.0 Å². The fourth-order valence-electron chi connectivity index (χ4n) is 2.24. The highest BCUT2D eigenvalue weighted by Crippen LogP contribution is 2.19. The minimum Gasteiger partial charge on any atom is -0.377 e. The van der Waals surface area contributed by atoms with Gasteiger partial charge in [-0.2, -0.15) is 0 Å². The fraction of sp³-hybridized carbons (Fsp3) is 0.933. The number of amides is 1. The molecule has 0 spiro atoms. The van der Waals surface area contributed by atoms with Crippen LogP contribution in [0.2, 0.25) is 0 Å². The quantitative estimate of drug-likeness (QED) is 0.665. The molecule has 0 heterocycles. The summed E-state index contributed by atoms with van der Waals surface area (Å²) in [6, 6.07) is 0. The van der Waals surface area contributed by atoms with Gasteiger partial charge in [0.1, 0.15) is 0 Å². The lowest BCUT2D eigenvalue weighted by atomic mass is 9.98. The number of hydrogen-bond donors (Lipinski definition) is 2. The molecule has 4 nitrogen and oxygen atoms in total. The van der Waals surface area contributed by atoms with Gasteiger partial charge in [0.05, 0.1) is 19.3 Å². The molecule has 2 N–H and O–H groups in total. The smallest absolute Gasteiger partial charge is 0.234 e. The average Bonchev–Trinajstić information content (AvgIpc) is 2.39. The van der Waals surface area contributed by atoms with Gasteiger partial charge in [-0.15, -0.1) is 0 Å². The summed E-state index contributed by atoms with van der Waals surface area (Å²) in [5.74, 6) is 0.0597. The molecule has 0 unspecified atom stereocenters. The van der Waals surface area contributed by atoms with Gasteiger partial charge in [0.15, 0.2) is 0 Å². The van der Waals surface area contributed by atoms with Crippen molar-refractivity contribution in [3.05, 3.63) is 0 Å². The van der Waals surface area contributed by atoms with E-state index in [4.69, 9.17) is 4.74 Å². The van der Waals surface area contributed by atoms with Gasteiger partial charge in [-0.3, -0.25) is 4.79 Å². The molecule has 0 radical (unpaired) electrons. The normalized spacial score (nSPS) is 17.4. The summed E-state index contributed by atoms with van der Waals surface area (Å²) in [5.41, 5.74) is -0.114. The number of ether oxygens (including phenoxy) is 1. The van der Waals surface area contributed by atoms with Gasteiger partial charge in [0, 0.05) is 12.1 Å². The van der Waals surface area contributed by atoms with Crippen LogP contribution in [0.1, 0.15) is 59.3 Å². The molecule has 1 aliphatic carbocycles. The van der Waals surface area contributed by atoms with Gasteiger partial charge in [-0.05, 0) is 33.1 Å². The van der Waals surface area contributed by atoms with E-state index in [1.807, 2.05) is 13.8 Å². The Hall–Kier alpha value is -0.610. The zero-order valence-electron chi connectivity index (χ0n) is 12.8. The van der Waals surface area contributed by atoms with Crippen LogP contribution in [0, 0.1) is 0 Å². The topological polar surface area (TPSA) is 50.4 Å². The van der Waals surface area contributed by atoms with E-state index in [2.05, 4.69) is 17.6 Å². The van der Waals surface area contributed by atoms with E-state index < -0.39 is 0 Å². The molecule has 0 bridgehead atoms. The Morgan fingerprint density at radius 3 is 2.58 bits per heavy atom. The van der Waals surface area contributed by atoms with Crippen molar-refractivity contribution in [2.75, 3.05) is 19.7 Å². The average molecular weight is 270 g/mol. The van der Waals surface area contributed by atoms with Crippen molar-refractivity contribution in [3.8, 4) is 0 Å². The standard InChI is InChI=1S/C15H30N2O2/c1-4-15(2,3)17-14(18)12-16-10-11-19-13-8-6-5-7-9-13/h13,16H,4-12H2,1-3H3,(H,17,18). The molecule has 0 atom stereocenters. The first-order valence-corrected chi connectivity index (χ1v) is 7.67. The summed E-state index contributed by atoms with van der Waals surface area (Å²) in [4.78, 5) is 11.7. The van der Waals surface area contributed by atoms with Gasteiger partial charge < -0.3 is 15.4 Å². The van der Waals surface area contributed by atoms with Crippen LogP contribution < -0.4 is 10.6 Å². The van der Waals surface area contributed by atoms with Gasteiger partial charge in [0.25, 0.3) is 0 Å². The molecule has 19 heavy (non-hydrogen) atoms. The third-order valence-electron chi connectivity index (χ3n) is 3.83. The Morgan fingerprint density at radius 2 is 1.95 bits per heavy atom. The SMILES string of the molecule is CCC(C)(C)NC(=O)CNCCOC1CCCCC1. The summed E-state index contributed by atoms with van der Waals surface area (Å²) in [6.07, 6.45) is 7.73. The maximum Gasteiger partial charge on any atom is 0.234 e. The minimum absolute atomic E-state index is 0.0597. The molecule has 1 amide bonds. The maximum atomic E-state index is 11.7. The van der Waals surface area contributed by atoms with Gasteiger partial charge >= 0.3 is 0 Å². The van der Waals surface area contributed by atoms with E-state index >= 15 is 0 Å². The first-order valence-electron chi connectivity index (χ1n) is 7.67. The summed E-state index contributed by atoms with van der Waals surface area (Å²) in [7, 11) is 0. The van der Waals surface area contributed by atoms with Crippen LogP contribution in [0.5, 0.6) is 0 Å². The van der Waals surface area contributed by atoms with E-state index in [0.29, 0.717) is 19.3 Å². The second kappa shape index (κ2) is 8.54. The molecule has 0 aromatic heterocycles. The first-order chi connectivity index (χ1) is 9.03. The molecular weight excluding hydrogens is 240 g/mol. The second-order valence-corrected chi connectivity index (χ2v) is 6.09. The highest BCUT2D eigenvalue weighted by molar-refractivity contribution is 5.78. The van der Waals surface area contributed by atoms with Crippen LogP contribution in [0.25, 0.3) is 0 Å². The van der Waals surface area contributed by atoms with Crippen LogP contribution >= 0.6 is 0 Å². The molecule has 1 aliphatic rings. The number of carbonyl (C=O) groups is 1. The molecule has 1 fully saturated rings. The van der Waals surface area contributed by atoms with Crippen molar-refractivity contribution in [2.45, 2.75) is 70.9 Å². The van der Waals surface area contributed by atoms with Crippen molar-refractivity contribution >= 4 is 5.91 Å². The molecule has 1 saturated carbocycles. The lowest BCUT2D eigenvalue weighted by molar-refractivity contribution is -0.121. The summed E-state index contributed by atoms with van der Waals surface area (Å²) in [6.45, 7) is 7.98. The molecular formula is C15H30N2O2. The van der Waals surface area contributed by atoms with Gasteiger partial charge in [-0.25, -0.2) is 0 Å². The first kappa shape index (κ1) is 16.4. The van der Waals surface area contributed by atoms with E-state index in [1.54, 1.807) is 0 Å². The molecule has 112 valence electrons. The van der Waals surface area contributed by atoms with Crippen LogP contribution in [0.4, 0.5) is 0 Å². The number of rotatable bonds is 8. The highest BCUT2D eigenvalue weighted by atomic mass is 16.5. The third-order valence-corrected chi connectivity index (χ3v) is 3.83. The number of nitrogens with one attached hydrogen (secondary N) is 2. The number of hydrogen-bond acceptors (Lipinski definition) is 3. The Morgan fingerprint density at radius 1 is 1.26 bits per heavy atom. The Balaban J connectivity index is 1.99. The van der Waals surface area contributed by atoms with Crippen LogP contribution in [-0.4, -0.2) is 37.2 Å². The van der Waals surface area contributed by atoms with Crippen LogP contribution in [-0.2, 0) is 9.53 Å². The highest BCUT2D eigenvalue weighted by Gasteiger charge is 2.17. The van der Waals surface area contributed by atoms with Crippen molar-refractivity contribution in [1.29, 1.82) is 0 Å². The van der Waals surface area contributed by atoms with Crippen LogP contribution in [0.15, 0.2) is 0 Å². The molecule has 0 aromatic carbocycles. The van der Waals surface area contributed by atoms with Crippen molar-refractivity contribution in [2.24, 2.45) is 0 Å². The molecule has 0 saturated heterocycles. The van der Waals surface area contributed by atoms with E-state index in [1.165, 1.54) is 32.1 Å².